The smallest absolute Gasteiger partial charge is 0.337 e. The Hall–Kier alpha value is -1.85. The average Bonchev–Trinajstić information content (AvgIpc) is 2.63. The van der Waals surface area contributed by atoms with E-state index in [0.29, 0.717) is 25.4 Å². The van der Waals surface area contributed by atoms with Gasteiger partial charge in [0.15, 0.2) is 0 Å². The van der Waals surface area contributed by atoms with Crippen molar-refractivity contribution in [2.45, 2.75) is 19.8 Å². The van der Waals surface area contributed by atoms with E-state index in [2.05, 4.69) is 27.1 Å². The maximum atomic E-state index is 11.3. The zero-order valence-electron chi connectivity index (χ0n) is 8.62. The second-order valence-corrected chi connectivity index (χ2v) is 2.78. The van der Waals surface area contributed by atoms with Gasteiger partial charge in [0, 0.05) is 6.42 Å². The maximum Gasteiger partial charge on any atom is 0.337 e. The molecule has 0 aromatic carbocycles. The van der Waals surface area contributed by atoms with E-state index in [0.717, 1.165) is 0 Å². The largest absolute Gasteiger partial charge is 0.463 e. The molecule has 2 N–H and O–H groups in total. The summed E-state index contributed by atoms with van der Waals surface area (Å²) in [7, 11) is 0. The summed E-state index contributed by atoms with van der Waals surface area (Å²) in [6, 6.07) is 0.233. The molecule has 0 unspecified atom stereocenters. The molecule has 6 heteroatoms. The van der Waals surface area contributed by atoms with Gasteiger partial charge in [0.1, 0.15) is 0 Å². The fourth-order valence-electron chi connectivity index (χ4n) is 0.924. The molecule has 1 rings (SSSR count). The number of nitrogens with zero attached hydrogens (tertiary/aromatic N) is 2. The predicted molar refractivity (Wildman–Crippen MR) is 55.6 cm³/mol. The number of ether oxygens (including phenoxy) is 1. The van der Waals surface area contributed by atoms with Crippen molar-refractivity contribution >= 4 is 11.9 Å². The molecule has 6 nitrogen and oxygen atoms in total. The van der Waals surface area contributed by atoms with Crippen LogP contribution in [-0.2, 0) is 4.79 Å². The second kappa shape index (κ2) is 5.79. The molecule has 0 radical (unpaired) electrons. The first-order valence-electron chi connectivity index (χ1n) is 4.72. The number of hydrogen-bond donors (Lipinski definition) is 2. The van der Waals surface area contributed by atoms with Gasteiger partial charge in [-0.25, -0.2) is 5.10 Å². The summed E-state index contributed by atoms with van der Waals surface area (Å²) in [6.07, 6.45) is 2.71. The highest BCUT2D eigenvalue weighted by Gasteiger charge is 2.06. The summed E-state index contributed by atoms with van der Waals surface area (Å²) in [6.45, 7) is 5.85. The molecule has 1 amide bonds. The number of amides is 1. The van der Waals surface area contributed by atoms with Crippen LogP contribution in [0.15, 0.2) is 12.7 Å². The molecule has 0 aliphatic carbocycles. The molecule has 0 bridgehead atoms. The highest BCUT2D eigenvalue weighted by atomic mass is 16.5. The zero-order valence-corrected chi connectivity index (χ0v) is 8.62. The Bertz CT molecular complexity index is 335. The van der Waals surface area contributed by atoms with Crippen molar-refractivity contribution in [1.82, 2.24) is 15.2 Å². The first-order valence-corrected chi connectivity index (χ1v) is 4.72. The van der Waals surface area contributed by atoms with Gasteiger partial charge in [-0.1, -0.05) is 6.08 Å². The number of H-pyrrole nitrogens is 1. The third kappa shape index (κ3) is 3.80. The number of hydrogen-bond acceptors (Lipinski definition) is 4. The SMILES string of the molecule is C=CCCC(=O)Nc1nc(OCC)n[nH]1. The molecule has 0 atom stereocenters. The van der Waals surface area contributed by atoms with E-state index in [1.165, 1.54) is 0 Å². The number of allylic oxidation sites excluding steroid dienone is 1. The second-order valence-electron chi connectivity index (χ2n) is 2.78. The molecule has 82 valence electrons. The van der Waals surface area contributed by atoms with Crippen LogP contribution in [0.5, 0.6) is 6.01 Å². The summed E-state index contributed by atoms with van der Waals surface area (Å²) in [5, 5.41) is 8.86. The van der Waals surface area contributed by atoms with Crippen LogP contribution in [0.4, 0.5) is 5.95 Å². The van der Waals surface area contributed by atoms with Crippen LogP contribution in [0, 0.1) is 0 Å². The first-order chi connectivity index (χ1) is 7.26. The first kappa shape index (κ1) is 11.2. The van der Waals surface area contributed by atoms with Gasteiger partial charge in [-0.05, 0) is 13.3 Å². The summed E-state index contributed by atoms with van der Waals surface area (Å²) >= 11 is 0. The zero-order chi connectivity index (χ0) is 11.1. The molecule has 0 saturated heterocycles. The van der Waals surface area contributed by atoms with Crippen LogP contribution in [0.3, 0.4) is 0 Å². The Morgan fingerprint density at radius 3 is 3.20 bits per heavy atom. The number of nitrogens with one attached hydrogen (secondary N) is 2. The van der Waals surface area contributed by atoms with Crippen molar-refractivity contribution in [1.29, 1.82) is 0 Å². The fourth-order valence-corrected chi connectivity index (χ4v) is 0.924. The van der Waals surface area contributed by atoms with Crippen LogP contribution in [0.1, 0.15) is 19.8 Å². The molecule has 0 spiro atoms. The van der Waals surface area contributed by atoms with E-state index >= 15 is 0 Å². The van der Waals surface area contributed by atoms with Crippen molar-refractivity contribution in [3.8, 4) is 6.01 Å². The Kier molecular flexibility index (Phi) is 4.33. The summed E-state index contributed by atoms with van der Waals surface area (Å²) in [5.41, 5.74) is 0. The van der Waals surface area contributed by atoms with Crippen molar-refractivity contribution in [2.75, 3.05) is 11.9 Å². The Morgan fingerprint density at radius 1 is 1.73 bits per heavy atom. The van der Waals surface area contributed by atoms with E-state index in [1.807, 2.05) is 6.92 Å². The maximum absolute atomic E-state index is 11.3. The normalized spacial score (nSPS) is 9.67. The standard InChI is InChI=1S/C9H14N4O2/c1-3-5-6-7(14)10-8-11-9(13-12-8)15-4-2/h3H,1,4-6H2,2H3,(H2,10,11,12,13,14). The number of anilines is 1. The van der Waals surface area contributed by atoms with Gasteiger partial charge in [-0.15, -0.1) is 11.7 Å². The van der Waals surface area contributed by atoms with E-state index in [1.54, 1.807) is 6.08 Å². The van der Waals surface area contributed by atoms with Gasteiger partial charge >= 0.3 is 6.01 Å². The molecule has 0 aliphatic rings. The topological polar surface area (TPSA) is 79.9 Å². The van der Waals surface area contributed by atoms with Crippen molar-refractivity contribution < 1.29 is 9.53 Å². The monoisotopic (exact) mass is 210 g/mol. The van der Waals surface area contributed by atoms with E-state index in [4.69, 9.17) is 4.74 Å². The van der Waals surface area contributed by atoms with Gasteiger partial charge in [0.05, 0.1) is 6.61 Å². The minimum absolute atomic E-state index is 0.130. The van der Waals surface area contributed by atoms with Gasteiger partial charge in [0.2, 0.25) is 11.9 Å². The van der Waals surface area contributed by atoms with Crippen molar-refractivity contribution in [3.63, 3.8) is 0 Å². The Balaban J connectivity index is 2.42. The average molecular weight is 210 g/mol. The van der Waals surface area contributed by atoms with Gasteiger partial charge in [0.25, 0.3) is 0 Å². The molecule has 1 aromatic heterocycles. The molecule has 15 heavy (non-hydrogen) atoms. The highest BCUT2D eigenvalue weighted by Crippen LogP contribution is 2.05. The number of aromatic nitrogens is 3. The minimum atomic E-state index is -0.130. The third-order valence-electron chi connectivity index (χ3n) is 1.57. The molecule has 0 saturated carbocycles. The molecular formula is C9H14N4O2. The van der Waals surface area contributed by atoms with Crippen LogP contribution in [-0.4, -0.2) is 27.7 Å². The molecule has 1 heterocycles. The molecule has 0 aliphatic heterocycles. The van der Waals surface area contributed by atoms with Crippen LogP contribution in [0.2, 0.25) is 0 Å². The number of carbonyl (C=O) groups excluding carboxylic acids is 1. The number of rotatable bonds is 6. The lowest BCUT2D eigenvalue weighted by Crippen LogP contribution is -2.11. The van der Waals surface area contributed by atoms with Crippen molar-refractivity contribution in [3.05, 3.63) is 12.7 Å². The van der Waals surface area contributed by atoms with Crippen molar-refractivity contribution in [2.24, 2.45) is 0 Å². The number of carbonyl (C=O) groups is 1. The lowest BCUT2D eigenvalue weighted by molar-refractivity contribution is -0.116. The highest BCUT2D eigenvalue weighted by molar-refractivity contribution is 5.88. The van der Waals surface area contributed by atoms with E-state index in [9.17, 15) is 4.79 Å². The van der Waals surface area contributed by atoms with Gasteiger partial charge in [-0.2, -0.15) is 4.98 Å². The van der Waals surface area contributed by atoms with Crippen LogP contribution >= 0.6 is 0 Å². The summed E-state index contributed by atoms with van der Waals surface area (Å²) in [5.74, 6) is 0.168. The Labute approximate surface area is 87.7 Å². The molecular weight excluding hydrogens is 196 g/mol. The fraction of sp³-hybridized carbons (Fsp3) is 0.444. The number of aromatic amines is 1. The van der Waals surface area contributed by atoms with E-state index < -0.39 is 0 Å². The Morgan fingerprint density at radius 2 is 2.53 bits per heavy atom. The summed E-state index contributed by atoms with van der Waals surface area (Å²) < 4.78 is 5.03. The lowest BCUT2D eigenvalue weighted by Gasteiger charge is -1.97. The molecule has 0 fully saturated rings. The predicted octanol–water partition coefficient (Wildman–Crippen LogP) is 1.11. The van der Waals surface area contributed by atoms with Gasteiger partial charge < -0.3 is 4.74 Å². The van der Waals surface area contributed by atoms with Crippen LogP contribution in [0.25, 0.3) is 0 Å². The minimum Gasteiger partial charge on any atom is -0.463 e. The van der Waals surface area contributed by atoms with Crippen LogP contribution < -0.4 is 10.1 Å². The van der Waals surface area contributed by atoms with E-state index in [-0.39, 0.29) is 11.9 Å². The summed E-state index contributed by atoms with van der Waals surface area (Å²) in [4.78, 5) is 15.2. The lowest BCUT2D eigenvalue weighted by atomic mass is 10.3. The quantitative estimate of drug-likeness (QED) is 0.689. The molecule has 1 aromatic rings. The third-order valence-corrected chi connectivity index (χ3v) is 1.57. The van der Waals surface area contributed by atoms with Gasteiger partial charge in [-0.3, -0.25) is 10.1 Å².